The molecule has 3 aromatic rings. The maximum Gasteiger partial charge on any atom is 0.303 e. The minimum absolute atomic E-state index is 0.0220. The number of amides is 2. The van der Waals surface area contributed by atoms with Crippen LogP contribution in [0.25, 0.3) is 0 Å². The summed E-state index contributed by atoms with van der Waals surface area (Å²) in [6.07, 6.45) is -2.26. The van der Waals surface area contributed by atoms with E-state index in [1.54, 1.807) is 42.5 Å². The third-order valence-corrected chi connectivity index (χ3v) is 9.64. The van der Waals surface area contributed by atoms with Crippen LogP contribution in [0.1, 0.15) is 81.3 Å². The molecule has 57 heavy (non-hydrogen) atoms. The fourth-order valence-corrected chi connectivity index (χ4v) is 6.56. The molecule has 0 bridgehead atoms. The predicted molar refractivity (Wildman–Crippen MR) is 200 cm³/mol. The van der Waals surface area contributed by atoms with Crippen molar-refractivity contribution in [2.24, 2.45) is 0 Å². The topological polar surface area (TPSA) is 151 Å². The molecule has 2 amide bonds. The maximum atomic E-state index is 14.9. The first-order chi connectivity index (χ1) is 27.6. The van der Waals surface area contributed by atoms with Crippen LogP contribution < -0.4 is 10.6 Å². The lowest BCUT2D eigenvalue weighted by molar-refractivity contribution is -0.372. The van der Waals surface area contributed by atoms with Gasteiger partial charge in [0.05, 0.1) is 26.4 Å². The Kier molecular flexibility index (Phi) is 17.3. The highest BCUT2D eigenvalue weighted by Gasteiger charge is 2.52. The van der Waals surface area contributed by atoms with Crippen LogP contribution >= 0.6 is 0 Å². The summed E-state index contributed by atoms with van der Waals surface area (Å²) in [6.45, 7) is 1.32. The predicted octanol–water partition coefficient (Wildman–Crippen LogP) is 6.26. The average Bonchev–Trinajstić information content (AvgIpc) is 3.20. The smallest absolute Gasteiger partial charge is 0.303 e. The minimum Gasteiger partial charge on any atom is -0.481 e. The highest BCUT2D eigenvalue weighted by atomic mass is 19.1. The molecule has 12 nitrogen and oxygen atoms in total. The van der Waals surface area contributed by atoms with Gasteiger partial charge in [0.15, 0.2) is 12.6 Å². The first-order valence-electron chi connectivity index (χ1n) is 19.4. The van der Waals surface area contributed by atoms with Crippen LogP contribution in [0.5, 0.6) is 0 Å². The Morgan fingerprint density at radius 2 is 1.49 bits per heavy atom. The number of nitrogens with one attached hydrogen (secondary N) is 2. The van der Waals surface area contributed by atoms with Crippen molar-refractivity contribution in [1.29, 1.82) is 0 Å². The monoisotopic (exact) mass is 800 g/mol. The van der Waals surface area contributed by atoms with Crippen LogP contribution in [-0.4, -0.2) is 79.4 Å². The summed E-state index contributed by atoms with van der Waals surface area (Å²) in [4.78, 5) is 37.3. The number of carbonyl (C=O) groups excluding carboxylic acids is 2. The lowest BCUT2D eigenvalue weighted by Crippen LogP contribution is -2.64. The molecular formula is C42H51F3N2O10. The van der Waals surface area contributed by atoms with Crippen molar-refractivity contribution in [1.82, 2.24) is 10.6 Å². The van der Waals surface area contributed by atoms with Gasteiger partial charge in [-0.05, 0) is 43.5 Å². The second-order valence-electron chi connectivity index (χ2n) is 14.0. The first kappa shape index (κ1) is 43.7. The Balaban J connectivity index is 1.40. The summed E-state index contributed by atoms with van der Waals surface area (Å²) in [5.74, 6) is -3.30. The Labute approximate surface area is 330 Å². The molecule has 0 aliphatic carbocycles. The molecule has 2 aliphatic rings. The molecule has 2 heterocycles. The van der Waals surface area contributed by atoms with E-state index in [0.717, 1.165) is 12.8 Å². The maximum absolute atomic E-state index is 14.9. The molecule has 0 spiro atoms. The molecule has 1 unspecified atom stereocenters. The molecular weight excluding hydrogens is 749 g/mol. The van der Waals surface area contributed by atoms with E-state index in [4.69, 9.17) is 33.5 Å². The summed E-state index contributed by atoms with van der Waals surface area (Å²) in [5, 5.41) is 14.5. The summed E-state index contributed by atoms with van der Waals surface area (Å²) in [7, 11) is 0. The molecule has 3 N–H and O–H groups in total. The van der Waals surface area contributed by atoms with Crippen LogP contribution in [0.4, 0.5) is 13.2 Å². The van der Waals surface area contributed by atoms with Crippen LogP contribution in [0, 0.1) is 17.5 Å². The van der Waals surface area contributed by atoms with Gasteiger partial charge in [-0.2, -0.15) is 0 Å². The van der Waals surface area contributed by atoms with E-state index in [2.05, 4.69) is 10.6 Å². The molecule has 2 saturated heterocycles. The average molecular weight is 801 g/mol. The molecule has 0 radical (unpaired) electrons. The van der Waals surface area contributed by atoms with Crippen molar-refractivity contribution < 1.29 is 61.1 Å². The zero-order valence-electron chi connectivity index (χ0n) is 31.9. The van der Waals surface area contributed by atoms with E-state index in [1.165, 1.54) is 30.3 Å². The first-order valence-corrected chi connectivity index (χ1v) is 19.4. The second kappa shape index (κ2) is 22.5. The van der Waals surface area contributed by atoms with Crippen molar-refractivity contribution in [3.05, 3.63) is 107 Å². The van der Waals surface area contributed by atoms with Gasteiger partial charge < -0.3 is 44.2 Å². The fourth-order valence-electron chi connectivity index (χ4n) is 6.56. The number of ether oxygens (including phenoxy) is 6. The Morgan fingerprint density at radius 3 is 2.16 bits per heavy atom. The number of carboxylic acid groups (broad SMARTS) is 1. The molecule has 15 heteroatoms. The van der Waals surface area contributed by atoms with Gasteiger partial charge in [0, 0.05) is 36.1 Å². The molecule has 2 aliphatic heterocycles. The molecule has 5 rings (SSSR count). The van der Waals surface area contributed by atoms with E-state index < -0.39 is 72.4 Å². The number of carboxylic acids is 1. The van der Waals surface area contributed by atoms with E-state index in [1.807, 2.05) is 6.92 Å². The number of rotatable bonds is 22. The summed E-state index contributed by atoms with van der Waals surface area (Å²) >= 11 is 0. The zero-order chi connectivity index (χ0) is 40.6. The number of aliphatic carboxylic acids is 1. The van der Waals surface area contributed by atoms with Gasteiger partial charge in [0.25, 0.3) is 0 Å². The highest BCUT2D eigenvalue weighted by molar-refractivity contribution is 5.87. The van der Waals surface area contributed by atoms with Crippen LogP contribution in [-0.2, 0) is 56.0 Å². The molecule has 310 valence electrons. The van der Waals surface area contributed by atoms with Crippen molar-refractivity contribution in [3.8, 4) is 0 Å². The van der Waals surface area contributed by atoms with E-state index in [-0.39, 0.29) is 62.8 Å². The molecule has 0 saturated carbocycles. The van der Waals surface area contributed by atoms with E-state index >= 15 is 0 Å². The SMILES string of the molecule is CCCCCC(=O)N[C@@H](CO[C@H]1O[C@@H]2COC(c3cccc(F)c3)O[C@@H]2[C@H](OCc2ccccc2F)[C@H]1OCc1ccccc1F)C(=O)NCCCCCC(=O)O. The summed E-state index contributed by atoms with van der Waals surface area (Å²) in [5.41, 5.74) is 0.857. The van der Waals surface area contributed by atoms with Gasteiger partial charge in [-0.15, -0.1) is 0 Å². The Morgan fingerprint density at radius 1 is 0.807 bits per heavy atom. The quantitative estimate of drug-likeness (QED) is 0.0995. The number of fused-ring (bicyclic) bond motifs is 1. The zero-order valence-corrected chi connectivity index (χ0v) is 31.9. The van der Waals surface area contributed by atoms with Gasteiger partial charge >= 0.3 is 5.97 Å². The summed E-state index contributed by atoms with van der Waals surface area (Å²) in [6, 6.07) is 16.7. The lowest BCUT2D eigenvalue weighted by atomic mass is 9.97. The lowest BCUT2D eigenvalue weighted by Gasteiger charge is -2.49. The number of benzene rings is 3. The Hall–Kier alpha value is -4.38. The van der Waals surface area contributed by atoms with E-state index in [0.29, 0.717) is 31.2 Å². The number of halogens is 3. The molecule has 0 aromatic heterocycles. The standard InChI is InChI=1S/C42H51F3N2O10/c1-2-3-5-19-35(48)47-33(40(51)46-21-11-4-6-20-36(49)50)25-54-42-39(53-24-29-14-8-10-18-32(29)45)38(52-23-28-13-7-9-17-31(28)44)37-34(56-42)26-55-41(57-37)27-15-12-16-30(43)22-27/h7-10,12-18,22,33-34,37-39,41-42H,2-6,11,19-21,23-26H2,1H3,(H,46,51)(H,47,48)(H,49,50)/t33-,34+,37-,38-,39+,41?,42-/m0/s1. The number of unbranched alkanes of at least 4 members (excludes halogenated alkanes) is 4. The second-order valence-corrected chi connectivity index (χ2v) is 14.0. The number of hydrogen-bond donors (Lipinski definition) is 3. The highest BCUT2D eigenvalue weighted by Crippen LogP contribution is 2.38. The van der Waals surface area contributed by atoms with Crippen molar-refractivity contribution in [2.75, 3.05) is 19.8 Å². The largest absolute Gasteiger partial charge is 0.481 e. The third-order valence-electron chi connectivity index (χ3n) is 9.64. The van der Waals surface area contributed by atoms with Crippen molar-refractivity contribution in [3.63, 3.8) is 0 Å². The van der Waals surface area contributed by atoms with Crippen molar-refractivity contribution >= 4 is 17.8 Å². The third kappa shape index (κ3) is 13.3. The van der Waals surface area contributed by atoms with Crippen LogP contribution in [0.15, 0.2) is 72.8 Å². The molecule has 7 atom stereocenters. The number of carbonyl (C=O) groups is 3. The van der Waals surface area contributed by atoms with Crippen LogP contribution in [0.3, 0.4) is 0 Å². The minimum atomic E-state index is -1.30. The normalized spacial score (nSPS) is 22.3. The van der Waals surface area contributed by atoms with Gasteiger partial charge in [-0.25, -0.2) is 13.2 Å². The van der Waals surface area contributed by atoms with Gasteiger partial charge in [-0.3, -0.25) is 14.4 Å². The van der Waals surface area contributed by atoms with Crippen LogP contribution in [0.2, 0.25) is 0 Å². The Bertz CT molecular complexity index is 1750. The van der Waals surface area contributed by atoms with Gasteiger partial charge in [0.2, 0.25) is 11.8 Å². The van der Waals surface area contributed by atoms with Gasteiger partial charge in [0.1, 0.15) is 47.9 Å². The van der Waals surface area contributed by atoms with E-state index in [9.17, 15) is 27.6 Å². The fraction of sp³-hybridized carbons (Fsp3) is 0.500. The molecule has 2 fully saturated rings. The number of hydrogen-bond acceptors (Lipinski definition) is 9. The van der Waals surface area contributed by atoms with Crippen molar-refractivity contribution in [2.45, 2.75) is 115 Å². The summed E-state index contributed by atoms with van der Waals surface area (Å²) < 4.78 is 81.7. The molecule has 3 aromatic carbocycles. The van der Waals surface area contributed by atoms with Gasteiger partial charge in [-0.1, -0.05) is 74.7 Å².